The predicted octanol–water partition coefficient (Wildman–Crippen LogP) is 3.40. The Morgan fingerprint density at radius 2 is 1.95 bits per heavy atom. The maximum absolute atomic E-state index is 13.7. The van der Waals surface area contributed by atoms with E-state index >= 15 is 0 Å². The number of rotatable bonds is 4. The summed E-state index contributed by atoms with van der Waals surface area (Å²) in [7, 11) is -2.51. The molecule has 0 aliphatic carbocycles. The largest absolute Gasteiger partial charge is 0.497 e. The Balaban J connectivity index is 2.35. The summed E-state index contributed by atoms with van der Waals surface area (Å²) in [6.07, 6.45) is 0. The van der Waals surface area contributed by atoms with Gasteiger partial charge in [0.1, 0.15) is 16.5 Å². The van der Waals surface area contributed by atoms with Gasteiger partial charge in [0.2, 0.25) is 0 Å². The summed E-state index contributed by atoms with van der Waals surface area (Å²) < 4.78 is 45.7. The predicted molar refractivity (Wildman–Crippen MR) is 77.9 cm³/mol. The molecule has 2 aromatic carbocycles. The van der Waals surface area contributed by atoms with Crippen LogP contribution >= 0.6 is 15.9 Å². The van der Waals surface area contributed by atoms with Gasteiger partial charge in [0.15, 0.2) is 0 Å². The highest BCUT2D eigenvalue weighted by Crippen LogP contribution is 2.23. The maximum atomic E-state index is 13.7. The van der Waals surface area contributed by atoms with Gasteiger partial charge in [-0.05, 0) is 30.3 Å². The Labute approximate surface area is 124 Å². The van der Waals surface area contributed by atoms with E-state index in [0.29, 0.717) is 15.9 Å². The standard InChI is InChI=1S/C13H11BrFNO3S/c1-19-11-4-2-3-10(8-11)16-20(17,18)13-6-5-9(14)7-12(13)15/h2-8,16H,1H3. The van der Waals surface area contributed by atoms with Gasteiger partial charge in [-0.15, -0.1) is 0 Å². The number of hydrogen-bond acceptors (Lipinski definition) is 3. The minimum absolute atomic E-state index is 0.298. The van der Waals surface area contributed by atoms with Gasteiger partial charge in [-0.1, -0.05) is 22.0 Å². The van der Waals surface area contributed by atoms with E-state index < -0.39 is 20.7 Å². The van der Waals surface area contributed by atoms with E-state index in [1.165, 1.54) is 25.3 Å². The molecular weight excluding hydrogens is 349 g/mol. The van der Waals surface area contributed by atoms with Crippen LogP contribution < -0.4 is 9.46 Å². The Morgan fingerprint density at radius 3 is 2.60 bits per heavy atom. The van der Waals surface area contributed by atoms with Crippen LogP contribution in [0.5, 0.6) is 5.75 Å². The van der Waals surface area contributed by atoms with Crippen molar-refractivity contribution in [1.82, 2.24) is 0 Å². The molecule has 0 fully saturated rings. The van der Waals surface area contributed by atoms with Crippen molar-refractivity contribution < 1.29 is 17.5 Å². The van der Waals surface area contributed by atoms with Crippen molar-refractivity contribution in [1.29, 1.82) is 0 Å². The molecule has 20 heavy (non-hydrogen) atoms. The molecule has 0 saturated heterocycles. The lowest BCUT2D eigenvalue weighted by molar-refractivity contribution is 0.415. The summed E-state index contributed by atoms with van der Waals surface area (Å²) in [5.41, 5.74) is 0.298. The second-order valence-corrected chi connectivity index (χ2v) is 6.48. The number of hydrogen-bond donors (Lipinski definition) is 1. The van der Waals surface area contributed by atoms with E-state index in [0.717, 1.165) is 6.07 Å². The molecular formula is C13H11BrFNO3S. The van der Waals surface area contributed by atoms with Crippen molar-refractivity contribution in [2.75, 3.05) is 11.8 Å². The number of nitrogens with one attached hydrogen (secondary N) is 1. The number of anilines is 1. The van der Waals surface area contributed by atoms with Crippen LogP contribution in [0.15, 0.2) is 51.8 Å². The molecule has 0 bridgehead atoms. The average molecular weight is 360 g/mol. The highest BCUT2D eigenvalue weighted by Gasteiger charge is 2.19. The zero-order valence-corrected chi connectivity index (χ0v) is 12.8. The second kappa shape index (κ2) is 5.80. The first-order valence-electron chi connectivity index (χ1n) is 5.54. The number of methoxy groups -OCH3 is 1. The second-order valence-electron chi connectivity index (χ2n) is 3.91. The normalized spacial score (nSPS) is 11.2. The van der Waals surface area contributed by atoms with E-state index in [2.05, 4.69) is 20.7 Å². The fourth-order valence-corrected chi connectivity index (χ4v) is 3.03. The summed E-state index contributed by atoms with van der Waals surface area (Å²) in [6, 6.07) is 10.1. The summed E-state index contributed by atoms with van der Waals surface area (Å²) in [6.45, 7) is 0. The lowest BCUT2D eigenvalue weighted by Gasteiger charge is -2.10. The highest BCUT2D eigenvalue weighted by molar-refractivity contribution is 9.10. The fourth-order valence-electron chi connectivity index (χ4n) is 1.59. The molecule has 0 amide bonds. The minimum atomic E-state index is -3.99. The van der Waals surface area contributed by atoms with Crippen molar-refractivity contribution in [2.45, 2.75) is 4.90 Å². The van der Waals surface area contributed by atoms with Crippen molar-refractivity contribution in [3.63, 3.8) is 0 Å². The first-order chi connectivity index (χ1) is 9.42. The van der Waals surface area contributed by atoms with Crippen molar-refractivity contribution >= 4 is 31.6 Å². The molecule has 0 aliphatic rings. The van der Waals surface area contributed by atoms with Crippen molar-refractivity contribution in [3.05, 3.63) is 52.8 Å². The third-order valence-corrected chi connectivity index (χ3v) is 4.41. The third kappa shape index (κ3) is 3.29. The minimum Gasteiger partial charge on any atom is -0.497 e. The number of ether oxygens (including phenoxy) is 1. The topological polar surface area (TPSA) is 55.4 Å². The number of halogens is 2. The highest BCUT2D eigenvalue weighted by atomic mass is 79.9. The first-order valence-corrected chi connectivity index (χ1v) is 7.82. The van der Waals surface area contributed by atoms with Crippen LogP contribution in [0.4, 0.5) is 10.1 Å². The van der Waals surface area contributed by atoms with Crippen LogP contribution in [0, 0.1) is 5.82 Å². The van der Waals surface area contributed by atoms with Gasteiger partial charge < -0.3 is 4.74 Å². The van der Waals surface area contributed by atoms with Gasteiger partial charge in [-0.2, -0.15) is 0 Å². The molecule has 4 nitrogen and oxygen atoms in total. The monoisotopic (exact) mass is 359 g/mol. The molecule has 1 N–H and O–H groups in total. The van der Waals surface area contributed by atoms with Gasteiger partial charge in [-0.25, -0.2) is 12.8 Å². The van der Waals surface area contributed by atoms with Gasteiger partial charge in [0.25, 0.3) is 10.0 Å². The SMILES string of the molecule is COc1cccc(NS(=O)(=O)c2ccc(Br)cc2F)c1. The number of sulfonamides is 1. The molecule has 0 saturated carbocycles. The van der Waals surface area contributed by atoms with E-state index in [1.54, 1.807) is 18.2 Å². The zero-order chi connectivity index (χ0) is 14.8. The lowest BCUT2D eigenvalue weighted by atomic mass is 10.3. The van der Waals surface area contributed by atoms with Crippen LogP contribution in [-0.4, -0.2) is 15.5 Å². The van der Waals surface area contributed by atoms with Crippen LogP contribution in [0.25, 0.3) is 0 Å². The van der Waals surface area contributed by atoms with E-state index in [4.69, 9.17) is 4.74 Å². The van der Waals surface area contributed by atoms with E-state index in [1.807, 2.05) is 0 Å². The molecule has 0 heterocycles. The molecule has 0 spiro atoms. The number of benzene rings is 2. The van der Waals surface area contributed by atoms with Gasteiger partial charge >= 0.3 is 0 Å². The zero-order valence-electron chi connectivity index (χ0n) is 10.4. The van der Waals surface area contributed by atoms with Gasteiger partial charge in [0.05, 0.1) is 12.8 Å². The molecule has 0 unspecified atom stereocenters. The van der Waals surface area contributed by atoms with Crippen molar-refractivity contribution in [2.24, 2.45) is 0 Å². The summed E-state index contributed by atoms with van der Waals surface area (Å²) in [5.74, 6) is -0.323. The molecule has 0 aliphatic heterocycles. The Hall–Kier alpha value is -1.60. The summed E-state index contributed by atoms with van der Waals surface area (Å²) in [5, 5.41) is 0. The molecule has 0 atom stereocenters. The van der Waals surface area contributed by atoms with Crippen molar-refractivity contribution in [3.8, 4) is 5.75 Å². The Morgan fingerprint density at radius 1 is 1.20 bits per heavy atom. The average Bonchev–Trinajstić information content (AvgIpc) is 2.37. The quantitative estimate of drug-likeness (QED) is 0.909. The van der Waals surface area contributed by atoms with Gasteiger partial charge in [-0.3, -0.25) is 4.72 Å². The Kier molecular flexibility index (Phi) is 4.29. The Bertz CT molecular complexity index is 734. The van der Waals surface area contributed by atoms with Crippen LogP contribution in [0.1, 0.15) is 0 Å². The molecule has 7 heteroatoms. The van der Waals surface area contributed by atoms with Crippen LogP contribution in [0.2, 0.25) is 0 Å². The maximum Gasteiger partial charge on any atom is 0.264 e. The third-order valence-electron chi connectivity index (χ3n) is 2.51. The van der Waals surface area contributed by atoms with Gasteiger partial charge in [0, 0.05) is 10.5 Å². The summed E-state index contributed by atoms with van der Waals surface area (Å²) in [4.78, 5) is -0.413. The summed E-state index contributed by atoms with van der Waals surface area (Å²) >= 11 is 3.08. The molecule has 106 valence electrons. The molecule has 2 aromatic rings. The fraction of sp³-hybridized carbons (Fsp3) is 0.0769. The smallest absolute Gasteiger partial charge is 0.264 e. The molecule has 0 aromatic heterocycles. The van der Waals surface area contributed by atoms with Crippen LogP contribution in [-0.2, 0) is 10.0 Å². The van der Waals surface area contributed by atoms with E-state index in [-0.39, 0.29) is 0 Å². The molecule has 2 rings (SSSR count). The van der Waals surface area contributed by atoms with E-state index in [9.17, 15) is 12.8 Å². The molecule has 0 radical (unpaired) electrons. The van der Waals surface area contributed by atoms with Crippen LogP contribution in [0.3, 0.4) is 0 Å². The lowest BCUT2D eigenvalue weighted by Crippen LogP contribution is -2.14. The first kappa shape index (κ1) is 14.8.